The van der Waals surface area contributed by atoms with Crippen LogP contribution in [-0.2, 0) is 4.79 Å². The molecule has 2 N–H and O–H groups in total. The maximum atomic E-state index is 11.9. The number of hydrogen-bond donors (Lipinski definition) is 2. The van der Waals surface area contributed by atoms with Gasteiger partial charge in [-0.15, -0.1) is 0 Å². The largest absolute Gasteiger partial charge is 0.345 e. The zero-order valence-corrected chi connectivity index (χ0v) is 10.8. The molecule has 2 rings (SSSR count). The molecule has 1 amide bonds. The molecule has 1 saturated heterocycles. The van der Waals surface area contributed by atoms with Crippen LogP contribution in [0.3, 0.4) is 0 Å². The van der Waals surface area contributed by atoms with Crippen molar-refractivity contribution in [3.05, 3.63) is 17.5 Å². The highest BCUT2D eigenvalue weighted by molar-refractivity contribution is 5.80. The number of nitriles is 1. The normalized spacial score (nSPS) is 14.8. The van der Waals surface area contributed by atoms with Crippen molar-refractivity contribution in [2.75, 3.05) is 38.0 Å². The standard InChI is InChI=1S/C12H16N6O/c1-9-6-10(7-13)17-12(16-9)15-8-11(19)18-4-2-14-3-5-18/h6,14H,2-5,8H2,1H3,(H,15,16,17). The van der Waals surface area contributed by atoms with Gasteiger partial charge >= 0.3 is 0 Å². The number of carbonyl (C=O) groups is 1. The van der Waals surface area contributed by atoms with Crippen molar-refractivity contribution in [2.45, 2.75) is 6.92 Å². The first-order valence-corrected chi connectivity index (χ1v) is 6.17. The molecule has 0 bridgehead atoms. The number of aryl methyl sites for hydroxylation is 1. The van der Waals surface area contributed by atoms with Crippen LogP contribution < -0.4 is 10.6 Å². The van der Waals surface area contributed by atoms with E-state index in [0.717, 1.165) is 26.2 Å². The average molecular weight is 260 g/mol. The molecule has 0 radical (unpaired) electrons. The highest BCUT2D eigenvalue weighted by Gasteiger charge is 2.16. The molecule has 19 heavy (non-hydrogen) atoms. The third-order valence-corrected chi connectivity index (χ3v) is 2.84. The summed E-state index contributed by atoms with van der Waals surface area (Å²) < 4.78 is 0. The minimum Gasteiger partial charge on any atom is -0.345 e. The van der Waals surface area contributed by atoms with E-state index < -0.39 is 0 Å². The second kappa shape index (κ2) is 6.11. The summed E-state index contributed by atoms with van der Waals surface area (Å²) in [4.78, 5) is 21.9. The quantitative estimate of drug-likeness (QED) is 0.761. The van der Waals surface area contributed by atoms with Crippen LogP contribution in [0.15, 0.2) is 6.07 Å². The van der Waals surface area contributed by atoms with Gasteiger partial charge in [-0.2, -0.15) is 5.26 Å². The summed E-state index contributed by atoms with van der Waals surface area (Å²) in [6, 6.07) is 3.56. The van der Waals surface area contributed by atoms with Crippen LogP contribution in [0.4, 0.5) is 5.95 Å². The third kappa shape index (κ3) is 3.63. The van der Waals surface area contributed by atoms with Gasteiger partial charge in [0, 0.05) is 31.9 Å². The summed E-state index contributed by atoms with van der Waals surface area (Å²) in [5.74, 6) is 0.338. The minimum atomic E-state index is 0.0186. The Morgan fingerprint density at radius 1 is 1.53 bits per heavy atom. The highest BCUT2D eigenvalue weighted by atomic mass is 16.2. The Kier molecular flexibility index (Phi) is 4.26. The Morgan fingerprint density at radius 2 is 2.26 bits per heavy atom. The summed E-state index contributed by atoms with van der Waals surface area (Å²) in [5.41, 5.74) is 0.994. The first-order valence-electron chi connectivity index (χ1n) is 6.17. The van der Waals surface area contributed by atoms with Crippen molar-refractivity contribution in [3.8, 4) is 6.07 Å². The van der Waals surface area contributed by atoms with E-state index in [0.29, 0.717) is 17.3 Å². The number of rotatable bonds is 3. The molecule has 1 aliphatic rings. The van der Waals surface area contributed by atoms with Gasteiger partial charge in [-0.05, 0) is 13.0 Å². The maximum absolute atomic E-state index is 11.9. The average Bonchev–Trinajstić information content (AvgIpc) is 2.45. The van der Waals surface area contributed by atoms with Gasteiger partial charge in [0.2, 0.25) is 11.9 Å². The first-order chi connectivity index (χ1) is 9.19. The van der Waals surface area contributed by atoms with Gasteiger partial charge in [0.15, 0.2) is 0 Å². The topological polar surface area (TPSA) is 93.9 Å². The summed E-state index contributed by atoms with van der Waals surface area (Å²) in [7, 11) is 0. The molecule has 1 aromatic heterocycles. The second-order valence-electron chi connectivity index (χ2n) is 4.31. The number of hydrogen-bond acceptors (Lipinski definition) is 6. The Hall–Kier alpha value is -2.20. The molecule has 100 valence electrons. The minimum absolute atomic E-state index is 0.0186. The number of nitrogens with zero attached hydrogens (tertiary/aromatic N) is 4. The van der Waals surface area contributed by atoms with E-state index in [4.69, 9.17) is 5.26 Å². The van der Waals surface area contributed by atoms with Crippen molar-refractivity contribution < 1.29 is 4.79 Å². The first kappa shape index (κ1) is 13.2. The molecular formula is C12H16N6O. The second-order valence-corrected chi connectivity index (χ2v) is 4.31. The van der Waals surface area contributed by atoms with Gasteiger partial charge in [0.1, 0.15) is 11.8 Å². The molecule has 0 aromatic carbocycles. The number of piperazine rings is 1. The lowest BCUT2D eigenvalue weighted by Crippen LogP contribution is -2.48. The number of amides is 1. The highest BCUT2D eigenvalue weighted by Crippen LogP contribution is 2.04. The SMILES string of the molecule is Cc1cc(C#N)nc(NCC(=O)N2CCNCC2)n1. The van der Waals surface area contributed by atoms with Gasteiger partial charge in [-0.25, -0.2) is 9.97 Å². The molecule has 7 nitrogen and oxygen atoms in total. The Morgan fingerprint density at radius 3 is 2.95 bits per heavy atom. The molecule has 1 aromatic rings. The molecule has 0 aliphatic carbocycles. The zero-order chi connectivity index (χ0) is 13.7. The van der Waals surface area contributed by atoms with Crippen molar-refractivity contribution in [1.29, 1.82) is 5.26 Å². The van der Waals surface area contributed by atoms with Crippen LogP contribution in [0, 0.1) is 18.3 Å². The van der Waals surface area contributed by atoms with Crippen LogP contribution in [0.5, 0.6) is 0 Å². The van der Waals surface area contributed by atoms with E-state index in [1.807, 2.05) is 6.07 Å². The van der Waals surface area contributed by atoms with E-state index in [1.165, 1.54) is 0 Å². The van der Waals surface area contributed by atoms with Crippen LogP contribution in [-0.4, -0.2) is 53.5 Å². The molecule has 0 atom stereocenters. The Bertz CT molecular complexity index is 503. The van der Waals surface area contributed by atoms with Gasteiger partial charge in [0.05, 0.1) is 6.54 Å². The van der Waals surface area contributed by atoms with Crippen molar-refractivity contribution in [3.63, 3.8) is 0 Å². The lowest BCUT2D eigenvalue weighted by atomic mass is 10.3. The Balaban J connectivity index is 1.93. The van der Waals surface area contributed by atoms with E-state index in [1.54, 1.807) is 17.9 Å². The maximum Gasteiger partial charge on any atom is 0.242 e. The summed E-state index contributed by atoms with van der Waals surface area (Å²) >= 11 is 0. The van der Waals surface area contributed by atoms with Gasteiger partial charge in [-0.3, -0.25) is 4.79 Å². The number of carbonyl (C=O) groups excluding carboxylic acids is 1. The monoisotopic (exact) mass is 260 g/mol. The van der Waals surface area contributed by atoms with Crippen LogP contribution in [0.25, 0.3) is 0 Å². The zero-order valence-electron chi connectivity index (χ0n) is 10.8. The summed E-state index contributed by atoms with van der Waals surface area (Å²) in [6.07, 6.45) is 0. The molecule has 0 spiro atoms. The van der Waals surface area contributed by atoms with Crippen LogP contribution in [0.2, 0.25) is 0 Å². The Labute approximate surface area is 111 Å². The molecule has 1 fully saturated rings. The predicted octanol–water partition coefficient (Wildman–Crippen LogP) is -0.500. The molecule has 2 heterocycles. The van der Waals surface area contributed by atoms with Crippen molar-refractivity contribution in [1.82, 2.24) is 20.2 Å². The molecule has 1 aliphatic heterocycles. The summed E-state index contributed by atoms with van der Waals surface area (Å²) in [5, 5.41) is 14.9. The van der Waals surface area contributed by atoms with E-state index >= 15 is 0 Å². The van der Waals surface area contributed by atoms with Crippen molar-refractivity contribution >= 4 is 11.9 Å². The number of nitrogens with one attached hydrogen (secondary N) is 2. The van der Waals surface area contributed by atoms with E-state index in [-0.39, 0.29) is 12.5 Å². The molecule has 7 heteroatoms. The van der Waals surface area contributed by atoms with Gasteiger partial charge < -0.3 is 15.5 Å². The number of anilines is 1. The molecule has 0 unspecified atom stereocenters. The fraction of sp³-hybridized carbons (Fsp3) is 0.500. The van der Waals surface area contributed by atoms with Crippen LogP contribution in [0.1, 0.15) is 11.4 Å². The van der Waals surface area contributed by atoms with Gasteiger partial charge in [0.25, 0.3) is 0 Å². The summed E-state index contributed by atoms with van der Waals surface area (Å²) in [6.45, 7) is 5.02. The van der Waals surface area contributed by atoms with E-state index in [9.17, 15) is 4.79 Å². The van der Waals surface area contributed by atoms with E-state index in [2.05, 4.69) is 20.6 Å². The van der Waals surface area contributed by atoms with Gasteiger partial charge in [-0.1, -0.05) is 0 Å². The fourth-order valence-electron chi connectivity index (χ4n) is 1.89. The third-order valence-electron chi connectivity index (χ3n) is 2.84. The lowest BCUT2D eigenvalue weighted by molar-refractivity contribution is -0.129. The smallest absolute Gasteiger partial charge is 0.242 e. The van der Waals surface area contributed by atoms with Crippen molar-refractivity contribution in [2.24, 2.45) is 0 Å². The van der Waals surface area contributed by atoms with Crippen LogP contribution >= 0.6 is 0 Å². The lowest BCUT2D eigenvalue weighted by Gasteiger charge is -2.27. The molecule has 0 saturated carbocycles. The predicted molar refractivity (Wildman–Crippen MR) is 69.4 cm³/mol. The molecular weight excluding hydrogens is 244 g/mol. The fourth-order valence-corrected chi connectivity index (χ4v) is 1.89. The number of aromatic nitrogens is 2.